The van der Waals surface area contributed by atoms with Crippen LogP contribution in [0, 0.1) is 0 Å². The summed E-state index contributed by atoms with van der Waals surface area (Å²) in [4.78, 5) is 28.0. The van der Waals surface area contributed by atoms with E-state index in [0.29, 0.717) is 5.52 Å². The average Bonchev–Trinajstić information content (AvgIpc) is 2.71. The second-order valence-electron chi connectivity index (χ2n) is 4.17. The zero-order chi connectivity index (χ0) is 13.3. The van der Waals surface area contributed by atoms with Gasteiger partial charge >= 0.3 is 5.97 Å². The molecule has 2 aromatic rings. The predicted octanol–water partition coefficient (Wildman–Crippen LogP) is 0.823. The molecule has 2 rings (SSSR count). The van der Waals surface area contributed by atoms with Gasteiger partial charge in [0, 0.05) is 14.1 Å². The van der Waals surface area contributed by atoms with E-state index in [2.05, 4.69) is 4.98 Å². The zero-order valence-corrected chi connectivity index (χ0v) is 10.1. The molecule has 0 aliphatic carbocycles. The first-order valence-electron chi connectivity index (χ1n) is 5.37. The number of likely N-dealkylation sites (N-methyl/N-ethyl adjacent to an activating group) is 1. The van der Waals surface area contributed by atoms with Gasteiger partial charge in [0.1, 0.15) is 6.54 Å². The van der Waals surface area contributed by atoms with Crippen molar-refractivity contribution < 1.29 is 14.7 Å². The molecule has 0 fully saturated rings. The van der Waals surface area contributed by atoms with Crippen LogP contribution in [0.5, 0.6) is 0 Å². The van der Waals surface area contributed by atoms with Crippen molar-refractivity contribution >= 4 is 22.9 Å². The van der Waals surface area contributed by atoms with Crippen LogP contribution < -0.4 is 0 Å². The molecule has 94 valence electrons. The smallest absolute Gasteiger partial charge is 0.335 e. The number of aromatic carboxylic acids is 1. The van der Waals surface area contributed by atoms with Crippen LogP contribution in [0.4, 0.5) is 0 Å². The number of nitrogens with zero attached hydrogens (tertiary/aromatic N) is 3. The molecular weight excluding hydrogens is 234 g/mol. The Morgan fingerprint density at radius 2 is 2.11 bits per heavy atom. The summed E-state index contributed by atoms with van der Waals surface area (Å²) in [6, 6.07) is 4.66. The molecule has 1 aromatic carbocycles. The largest absolute Gasteiger partial charge is 0.478 e. The van der Waals surface area contributed by atoms with Crippen LogP contribution in [0.3, 0.4) is 0 Å². The zero-order valence-electron chi connectivity index (χ0n) is 10.1. The van der Waals surface area contributed by atoms with Crippen molar-refractivity contribution in [1.82, 2.24) is 14.5 Å². The Bertz CT molecular complexity index is 616. The van der Waals surface area contributed by atoms with Gasteiger partial charge in [-0.1, -0.05) is 0 Å². The maximum atomic E-state index is 11.6. The van der Waals surface area contributed by atoms with E-state index >= 15 is 0 Å². The van der Waals surface area contributed by atoms with Gasteiger partial charge in [-0.05, 0) is 18.2 Å². The number of carboxylic acid groups (broad SMARTS) is 1. The summed E-state index contributed by atoms with van der Waals surface area (Å²) >= 11 is 0. The number of imidazole rings is 1. The fourth-order valence-corrected chi connectivity index (χ4v) is 1.61. The Morgan fingerprint density at radius 3 is 2.72 bits per heavy atom. The molecular formula is C12H13N3O3. The molecule has 1 heterocycles. The highest BCUT2D eigenvalue weighted by Gasteiger charge is 2.10. The van der Waals surface area contributed by atoms with Crippen LogP contribution in [0.2, 0.25) is 0 Å². The van der Waals surface area contributed by atoms with Gasteiger partial charge in [-0.2, -0.15) is 0 Å². The van der Waals surface area contributed by atoms with E-state index in [1.807, 2.05) is 0 Å². The predicted molar refractivity (Wildman–Crippen MR) is 65.4 cm³/mol. The molecule has 0 unspecified atom stereocenters. The normalized spacial score (nSPS) is 10.6. The Hall–Kier alpha value is -2.37. The highest BCUT2D eigenvalue weighted by Crippen LogP contribution is 2.15. The van der Waals surface area contributed by atoms with Gasteiger partial charge in [-0.25, -0.2) is 9.78 Å². The lowest BCUT2D eigenvalue weighted by Gasteiger charge is -2.10. The van der Waals surface area contributed by atoms with Crippen molar-refractivity contribution in [3.63, 3.8) is 0 Å². The van der Waals surface area contributed by atoms with E-state index < -0.39 is 5.97 Å². The average molecular weight is 247 g/mol. The van der Waals surface area contributed by atoms with E-state index in [0.717, 1.165) is 5.52 Å². The van der Waals surface area contributed by atoms with Crippen molar-refractivity contribution in [3.05, 3.63) is 30.1 Å². The van der Waals surface area contributed by atoms with Crippen molar-refractivity contribution in [2.24, 2.45) is 0 Å². The molecule has 0 aliphatic rings. The number of aromatic nitrogens is 2. The first-order chi connectivity index (χ1) is 8.49. The van der Waals surface area contributed by atoms with Crippen LogP contribution in [-0.4, -0.2) is 45.5 Å². The number of fused-ring (bicyclic) bond motifs is 1. The summed E-state index contributed by atoms with van der Waals surface area (Å²) < 4.78 is 1.70. The number of carboxylic acids is 1. The summed E-state index contributed by atoms with van der Waals surface area (Å²) in [6.07, 6.45) is 1.54. The van der Waals surface area contributed by atoms with Crippen LogP contribution in [-0.2, 0) is 11.3 Å². The third-order valence-electron chi connectivity index (χ3n) is 2.67. The molecule has 1 N–H and O–H groups in total. The molecule has 6 nitrogen and oxygen atoms in total. The quantitative estimate of drug-likeness (QED) is 0.871. The number of amides is 1. The van der Waals surface area contributed by atoms with E-state index in [4.69, 9.17) is 5.11 Å². The molecule has 0 saturated carbocycles. The molecule has 0 saturated heterocycles. The minimum Gasteiger partial charge on any atom is -0.478 e. The van der Waals surface area contributed by atoms with Gasteiger partial charge in [0.15, 0.2) is 0 Å². The molecule has 0 aliphatic heterocycles. The second kappa shape index (κ2) is 4.48. The van der Waals surface area contributed by atoms with Gasteiger partial charge in [0.05, 0.1) is 22.9 Å². The minimum absolute atomic E-state index is 0.0448. The maximum absolute atomic E-state index is 11.6. The first kappa shape index (κ1) is 12.1. The van der Waals surface area contributed by atoms with Crippen LogP contribution >= 0.6 is 0 Å². The lowest BCUT2D eigenvalue weighted by molar-refractivity contribution is -0.129. The molecule has 0 bridgehead atoms. The summed E-state index contributed by atoms with van der Waals surface area (Å²) in [7, 11) is 3.37. The molecule has 0 radical (unpaired) electrons. The topological polar surface area (TPSA) is 75.4 Å². The standard InChI is InChI=1S/C12H13N3O3/c1-14(2)11(16)6-15-7-13-9-5-8(12(17)18)3-4-10(9)15/h3-5,7H,6H2,1-2H3,(H,17,18). The summed E-state index contributed by atoms with van der Waals surface area (Å²) in [6.45, 7) is 0.190. The minimum atomic E-state index is -0.990. The number of rotatable bonds is 3. The van der Waals surface area contributed by atoms with E-state index in [9.17, 15) is 9.59 Å². The van der Waals surface area contributed by atoms with Crippen molar-refractivity contribution in [2.75, 3.05) is 14.1 Å². The molecule has 0 atom stereocenters. The van der Waals surface area contributed by atoms with Gasteiger partial charge in [0.25, 0.3) is 0 Å². The van der Waals surface area contributed by atoms with Crippen LogP contribution in [0.25, 0.3) is 11.0 Å². The molecule has 18 heavy (non-hydrogen) atoms. The maximum Gasteiger partial charge on any atom is 0.335 e. The first-order valence-corrected chi connectivity index (χ1v) is 5.37. The van der Waals surface area contributed by atoms with Crippen LogP contribution in [0.15, 0.2) is 24.5 Å². The lowest BCUT2D eigenvalue weighted by atomic mass is 10.2. The van der Waals surface area contributed by atoms with E-state index in [1.54, 1.807) is 24.7 Å². The van der Waals surface area contributed by atoms with Gasteiger partial charge < -0.3 is 14.6 Å². The van der Waals surface area contributed by atoms with E-state index in [1.165, 1.54) is 23.4 Å². The number of carbonyl (C=O) groups excluding carboxylic acids is 1. The van der Waals surface area contributed by atoms with Crippen molar-refractivity contribution in [2.45, 2.75) is 6.54 Å². The molecule has 1 aromatic heterocycles. The van der Waals surface area contributed by atoms with Gasteiger partial charge in [-0.15, -0.1) is 0 Å². The van der Waals surface area contributed by atoms with Gasteiger partial charge in [0.2, 0.25) is 5.91 Å². The van der Waals surface area contributed by atoms with Crippen LogP contribution in [0.1, 0.15) is 10.4 Å². The number of carbonyl (C=O) groups is 2. The highest BCUT2D eigenvalue weighted by molar-refractivity contribution is 5.92. The second-order valence-corrected chi connectivity index (χ2v) is 4.17. The molecule has 1 amide bonds. The lowest BCUT2D eigenvalue weighted by Crippen LogP contribution is -2.25. The van der Waals surface area contributed by atoms with E-state index in [-0.39, 0.29) is 18.0 Å². The Kier molecular flexibility index (Phi) is 3.01. The molecule has 0 spiro atoms. The number of hydrogen-bond acceptors (Lipinski definition) is 3. The Morgan fingerprint density at radius 1 is 1.39 bits per heavy atom. The number of benzene rings is 1. The van der Waals surface area contributed by atoms with Crippen molar-refractivity contribution in [3.8, 4) is 0 Å². The van der Waals surface area contributed by atoms with Crippen molar-refractivity contribution in [1.29, 1.82) is 0 Å². The summed E-state index contributed by atoms with van der Waals surface area (Å²) in [5, 5.41) is 8.87. The third kappa shape index (κ3) is 2.17. The fraction of sp³-hybridized carbons (Fsp3) is 0.250. The van der Waals surface area contributed by atoms with Gasteiger partial charge in [-0.3, -0.25) is 4.79 Å². The molecule has 6 heteroatoms. The highest BCUT2D eigenvalue weighted by atomic mass is 16.4. The fourth-order valence-electron chi connectivity index (χ4n) is 1.61. The summed E-state index contributed by atoms with van der Waals surface area (Å²) in [5.74, 6) is -1.03. The number of hydrogen-bond donors (Lipinski definition) is 1. The third-order valence-corrected chi connectivity index (χ3v) is 2.67. The monoisotopic (exact) mass is 247 g/mol. The summed E-state index contributed by atoms with van der Waals surface area (Å²) in [5.41, 5.74) is 1.50. The Balaban J connectivity index is 2.37. The Labute approximate surface area is 103 Å². The SMILES string of the molecule is CN(C)C(=O)Cn1cnc2cc(C(=O)O)ccc21.